The topological polar surface area (TPSA) is 66.9 Å². The van der Waals surface area contributed by atoms with Crippen molar-refractivity contribution >= 4 is 34.7 Å². The fourth-order valence-electron chi connectivity index (χ4n) is 2.79. The van der Waals surface area contributed by atoms with Crippen molar-refractivity contribution in [2.75, 3.05) is 37.7 Å². The second-order valence-corrected chi connectivity index (χ2v) is 7.22. The third-order valence-corrected chi connectivity index (χ3v) is 5.47. The van der Waals surface area contributed by atoms with Gasteiger partial charge in [0.25, 0.3) is 5.91 Å². The standard InChI is InChI=1S/C19H19FN2O4S/c1-13(23)16-6-7-17(27-16)19(25)26-12-18(24)22-10-8-21(9-11-22)15-4-2-14(20)3-5-15/h2-7H,8-12H2,1H3. The predicted molar refractivity (Wildman–Crippen MR) is 99.8 cm³/mol. The van der Waals surface area contributed by atoms with Crippen molar-refractivity contribution in [2.45, 2.75) is 6.92 Å². The van der Waals surface area contributed by atoms with Gasteiger partial charge in [0.05, 0.1) is 4.88 Å². The van der Waals surface area contributed by atoms with Gasteiger partial charge in [-0.25, -0.2) is 9.18 Å². The Bertz CT molecular complexity index is 842. The molecule has 27 heavy (non-hydrogen) atoms. The van der Waals surface area contributed by atoms with Gasteiger partial charge < -0.3 is 14.5 Å². The van der Waals surface area contributed by atoms with Crippen LogP contribution < -0.4 is 4.90 Å². The van der Waals surface area contributed by atoms with E-state index in [0.717, 1.165) is 17.0 Å². The molecule has 1 fully saturated rings. The number of Topliss-reactive ketones (excluding diaryl/α,β-unsaturated/α-hetero) is 1. The van der Waals surface area contributed by atoms with E-state index in [1.165, 1.54) is 25.1 Å². The minimum atomic E-state index is -0.606. The van der Waals surface area contributed by atoms with Gasteiger partial charge in [-0.3, -0.25) is 9.59 Å². The molecule has 0 saturated carbocycles. The van der Waals surface area contributed by atoms with Gasteiger partial charge in [-0.2, -0.15) is 0 Å². The zero-order chi connectivity index (χ0) is 19.4. The number of hydrogen-bond acceptors (Lipinski definition) is 6. The maximum Gasteiger partial charge on any atom is 0.348 e. The summed E-state index contributed by atoms with van der Waals surface area (Å²) in [6.07, 6.45) is 0. The molecule has 2 aromatic rings. The smallest absolute Gasteiger partial charge is 0.348 e. The number of benzene rings is 1. The van der Waals surface area contributed by atoms with Gasteiger partial charge in [-0.15, -0.1) is 11.3 Å². The van der Waals surface area contributed by atoms with Crippen LogP contribution in [0.4, 0.5) is 10.1 Å². The Hall–Kier alpha value is -2.74. The number of halogens is 1. The number of hydrogen-bond donors (Lipinski definition) is 0. The summed E-state index contributed by atoms with van der Waals surface area (Å²) in [4.78, 5) is 40.0. The lowest BCUT2D eigenvalue weighted by molar-refractivity contribution is -0.134. The summed E-state index contributed by atoms with van der Waals surface area (Å²) in [7, 11) is 0. The largest absolute Gasteiger partial charge is 0.451 e. The van der Waals surface area contributed by atoms with Gasteiger partial charge in [-0.1, -0.05) is 0 Å². The van der Waals surface area contributed by atoms with Crippen LogP contribution in [-0.2, 0) is 9.53 Å². The highest BCUT2D eigenvalue weighted by molar-refractivity contribution is 7.15. The minimum Gasteiger partial charge on any atom is -0.451 e. The number of nitrogens with zero attached hydrogens (tertiary/aromatic N) is 2. The zero-order valence-electron chi connectivity index (χ0n) is 14.8. The Balaban J connectivity index is 1.47. The SMILES string of the molecule is CC(=O)c1ccc(C(=O)OCC(=O)N2CCN(c3ccc(F)cc3)CC2)s1. The molecule has 0 N–H and O–H groups in total. The average molecular weight is 390 g/mol. The molecule has 1 amide bonds. The third kappa shape index (κ3) is 4.71. The van der Waals surface area contributed by atoms with Gasteiger partial charge in [0.1, 0.15) is 10.7 Å². The molecule has 0 bridgehead atoms. The van der Waals surface area contributed by atoms with E-state index in [4.69, 9.17) is 4.74 Å². The first-order chi connectivity index (χ1) is 12.9. The van der Waals surface area contributed by atoms with Crippen molar-refractivity contribution in [3.63, 3.8) is 0 Å². The molecule has 0 spiro atoms. The molecule has 1 saturated heterocycles. The Morgan fingerprint density at radius 3 is 2.22 bits per heavy atom. The number of rotatable bonds is 5. The van der Waals surface area contributed by atoms with Crippen molar-refractivity contribution in [3.8, 4) is 0 Å². The van der Waals surface area contributed by atoms with E-state index in [1.807, 2.05) is 0 Å². The lowest BCUT2D eigenvalue weighted by Crippen LogP contribution is -2.49. The van der Waals surface area contributed by atoms with Crippen LogP contribution >= 0.6 is 11.3 Å². The Labute approximate surface area is 160 Å². The van der Waals surface area contributed by atoms with E-state index in [-0.39, 0.29) is 24.1 Å². The van der Waals surface area contributed by atoms with Crippen LogP contribution in [0.5, 0.6) is 0 Å². The lowest BCUT2D eigenvalue weighted by Gasteiger charge is -2.36. The van der Waals surface area contributed by atoms with E-state index in [2.05, 4.69) is 4.90 Å². The van der Waals surface area contributed by atoms with Crippen LogP contribution in [0.2, 0.25) is 0 Å². The summed E-state index contributed by atoms with van der Waals surface area (Å²) in [5, 5.41) is 0. The number of amides is 1. The van der Waals surface area contributed by atoms with E-state index < -0.39 is 5.97 Å². The molecule has 2 heterocycles. The maximum absolute atomic E-state index is 13.0. The summed E-state index contributed by atoms with van der Waals surface area (Å²) in [5.41, 5.74) is 0.911. The normalized spacial score (nSPS) is 14.1. The molecular weight excluding hydrogens is 371 g/mol. The lowest BCUT2D eigenvalue weighted by atomic mass is 10.2. The number of ether oxygens (including phenoxy) is 1. The molecule has 6 nitrogen and oxygen atoms in total. The number of carbonyl (C=O) groups is 3. The molecule has 8 heteroatoms. The highest BCUT2D eigenvalue weighted by atomic mass is 32.1. The number of thiophene rings is 1. The van der Waals surface area contributed by atoms with Crippen molar-refractivity contribution < 1.29 is 23.5 Å². The molecule has 0 aliphatic carbocycles. The van der Waals surface area contributed by atoms with E-state index >= 15 is 0 Å². The highest BCUT2D eigenvalue weighted by Crippen LogP contribution is 2.19. The second kappa shape index (κ2) is 8.30. The summed E-state index contributed by atoms with van der Waals surface area (Å²) >= 11 is 1.05. The van der Waals surface area contributed by atoms with Crippen LogP contribution in [0, 0.1) is 5.82 Å². The summed E-state index contributed by atoms with van der Waals surface area (Å²) in [5.74, 6) is -1.26. The Kier molecular flexibility index (Phi) is 5.85. The van der Waals surface area contributed by atoms with Gasteiger partial charge >= 0.3 is 5.97 Å². The molecule has 3 rings (SSSR count). The summed E-state index contributed by atoms with van der Waals surface area (Å²) < 4.78 is 18.1. The molecule has 1 aliphatic heterocycles. The van der Waals surface area contributed by atoms with Gasteiger partial charge in [-0.05, 0) is 43.3 Å². The van der Waals surface area contributed by atoms with Crippen molar-refractivity contribution in [3.05, 3.63) is 52.0 Å². The number of piperazine rings is 1. The molecule has 0 atom stereocenters. The van der Waals surface area contributed by atoms with Crippen LogP contribution in [0.1, 0.15) is 26.3 Å². The number of ketones is 1. The van der Waals surface area contributed by atoms with Gasteiger partial charge in [0.15, 0.2) is 12.4 Å². The molecular formula is C19H19FN2O4S. The van der Waals surface area contributed by atoms with E-state index in [0.29, 0.717) is 35.9 Å². The number of carbonyl (C=O) groups excluding carboxylic acids is 3. The first-order valence-corrected chi connectivity index (χ1v) is 9.32. The molecule has 1 aliphatic rings. The molecule has 0 radical (unpaired) electrons. The van der Waals surface area contributed by atoms with Crippen molar-refractivity contribution in [2.24, 2.45) is 0 Å². The van der Waals surface area contributed by atoms with E-state index in [9.17, 15) is 18.8 Å². The van der Waals surface area contributed by atoms with Crippen molar-refractivity contribution in [1.82, 2.24) is 4.90 Å². The zero-order valence-corrected chi connectivity index (χ0v) is 15.6. The maximum atomic E-state index is 13.0. The first-order valence-electron chi connectivity index (χ1n) is 8.50. The summed E-state index contributed by atoms with van der Waals surface area (Å²) in [6.45, 7) is 3.34. The fourth-order valence-corrected chi connectivity index (χ4v) is 3.59. The number of esters is 1. The average Bonchev–Trinajstić information content (AvgIpc) is 3.17. The monoisotopic (exact) mass is 390 g/mol. The van der Waals surface area contributed by atoms with Crippen LogP contribution in [0.25, 0.3) is 0 Å². The highest BCUT2D eigenvalue weighted by Gasteiger charge is 2.23. The third-order valence-electron chi connectivity index (χ3n) is 4.31. The molecule has 1 aromatic carbocycles. The minimum absolute atomic E-state index is 0.117. The predicted octanol–water partition coefficient (Wildman–Crippen LogP) is 2.60. The van der Waals surface area contributed by atoms with Gasteiger partial charge in [0.2, 0.25) is 0 Å². The quantitative estimate of drug-likeness (QED) is 0.580. The van der Waals surface area contributed by atoms with Crippen LogP contribution in [0.15, 0.2) is 36.4 Å². The Morgan fingerprint density at radius 1 is 1.00 bits per heavy atom. The Morgan fingerprint density at radius 2 is 1.63 bits per heavy atom. The second-order valence-electron chi connectivity index (χ2n) is 6.14. The molecule has 0 unspecified atom stereocenters. The summed E-state index contributed by atoms with van der Waals surface area (Å²) in [6, 6.07) is 9.34. The fraction of sp³-hybridized carbons (Fsp3) is 0.316. The molecule has 142 valence electrons. The van der Waals surface area contributed by atoms with Crippen LogP contribution in [-0.4, -0.2) is 55.3 Å². The molecule has 1 aromatic heterocycles. The first kappa shape index (κ1) is 19.0. The van der Waals surface area contributed by atoms with E-state index in [1.54, 1.807) is 23.1 Å². The number of anilines is 1. The van der Waals surface area contributed by atoms with Gasteiger partial charge in [0, 0.05) is 31.9 Å². The van der Waals surface area contributed by atoms with Crippen molar-refractivity contribution in [1.29, 1.82) is 0 Å². The van der Waals surface area contributed by atoms with Crippen LogP contribution in [0.3, 0.4) is 0 Å².